The molecule has 1 saturated heterocycles. The number of fused-ring (bicyclic) bond motifs is 2. The summed E-state index contributed by atoms with van der Waals surface area (Å²) >= 11 is 0. The molecule has 11 atom stereocenters. The fraction of sp³-hybridized carbons (Fsp3) is 1.00. The summed E-state index contributed by atoms with van der Waals surface area (Å²) in [5.74, 6) is 1.42. The molecule has 6 fully saturated rings. The third-order valence-corrected chi connectivity index (χ3v) is 13.8. The summed E-state index contributed by atoms with van der Waals surface area (Å²) < 4.78 is 6.68. The van der Waals surface area contributed by atoms with Gasteiger partial charge in [0.15, 0.2) is 0 Å². The van der Waals surface area contributed by atoms with Crippen LogP contribution < -0.4 is 0 Å². The molecule has 0 amide bonds. The van der Waals surface area contributed by atoms with Crippen LogP contribution in [-0.4, -0.2) is 44.8 Å². The van der Waals surface area contributed by atoms with Crippen molar-refractivity contribution in [2.45, 2.75) is 142 Å². The average molecular weight is 475 g/mol. The van der Waals surface area contributed by atoms with Crippen molar-refractivity contribution < 1.29 is 20.1 Å². The fourth-order valence-electron chi connectivity index (χ4n) is 12.1. The van der Waals surface area contributed by atoms with Crippen molar-refractivity contribution >= 4 is 0 Å². The van der Waals surface area contributed by atoms with Gasteiger partial charge in [0.05, 0.1) is 29.5 Å². The first-order valence-corrected chi connectivity index (χ1v) is 14.3. The average Bonchev–Trinajstić information content (AvgIpc) is 3.11. The lowest BCUT2D eigenvalue weighted by Gasteiger charge is -2.63. The van der Waals surface area contributed by atoms with Crippen LogP contribution in [0.4, 0.5) is 0 Å². The van der Waals surface area contributed by atoms with Crippen molar-refractivity contribution in [1.29, 1.82) is 0 Å². The van der Waals surface area contributed by atoms with Crippen molar-refractivity contribution in [3.8, 4) is 0 Å². The standard InChI is InChI=1S/C30H50O4/c1-24(2)19-8-9-20-27(6)16-18(31)23(28(7)12-11-22(34-28)25(3,4)33)26(27,5)14-15-30(20)17-29(19,30)13-10-21(24)32/h18-23,31-33H,8-17H2,1-7H3. The molecule has 34 heavy (non-hydrogen) atoms. The zero-order chi connectivity index (χ0) is 24.7. The number of hydrogen-bond donors (Lipinski definition) is 3. The molecule has 11 unspecified atom stereocenters. The van der Waals surface area contributed by atoms with E-state index < -0.39 is 5.60 Å². The minimum absolute atomic E-state index is 0.0172. The molecule has 0 aromatic heterocycles. The van der Waals surface area contributed by atoms with Gasteiger partial charge >= 0.3 is 0 Å². The molecule has 6 rings (SSSR count). The Kier molecular flexibility index (Phi) is 4.72. The van der Waals surface area contributed by atoms with Gasteiger partial charge in [-0.2, -0.15) is 0 Å². The van der Waals surface area contributed by atoms with Crippen molar-refractivity contribution in [1.82, 2.24) is 0 Å². The van der Waals surface area contributed by atoms with Crippen LogP contribution in [0.15, 0.2) is 0 Å². The van der Waals surface area contributed by atoms with Gasteiger partial charge in [-0.15, -0.1) is 0 Å². The molecule has 0 aromatic carbocycles. The fourth-order valence-corrected chi connectivity index (χ4v) is 12.1. The molecule has 3 N–H and O–H groups in total. The monoisotopic (exact) mass is 474 g/mol. The van der Waals surface area contributed by atoms with Crippen LogP contribution in [0.3, 0.4) is 0 Å². The van der Waals surface area contributed by atoms with Crippen LogP contribution in [0.1, 0.15) is 113 Å². The van der Waals surface area contributed by atoms with Crippen LogP contribution in [0.2, 0.25) is 0 Å². The van der Waals surface area contributed by atoms with E-state index in [0.29, 0.717) is 22.7 Å². The maximum absolute atomic E-state index is 11.7. The van der Waals surface area contributed by atoms with Gasteiger partial charge in [-0.25, -0.2) is 0 Å². The number of aliphatic hydroxyl groups excluding tert-OH is 2. The molecule has 0 bridgehead atoms. The normalized spacial score (nSPS) is 60.2. The van der Waals surface area contributed by atoms with E-state index in [1.165, 1.54) is 38.5 Å². The molecular formula is C30H50O4. The topological polar surface area (TPSA) is 69.9 Å². The lowest BCUT2D eigenvalue weighted by molar-refractivity contribution is -0.195. The van der Waals surface area contributed by atoms with Gasteiger partial charge in [0.2, 0.25) is 0 Å². The molecular weight excluding hydrogens is 424 g/mol. The van der Waals surface area contributed by atoms with Crippen LogP contribution in [0.5, 0.6) is 0 Å². The van der Waals surface area contributed by atoms with E-state index in [9.17, 15) is 15.3 Å². The van der Waals surface area contributed by atoms with Crippen LogP contribution in [0.25, 0.3) is 0 Å². The Morgan fingerprint density at radius 3 is 2.06 bits per heavy atom. The Bertz CT molecular complexity index is 878. The Hall–Kier alpha value is -0.160. The smallest absolute Gasteiger partial charge is 0.0865 e. The summed E-state index contributed by atoms with van der Waals surface area (Å²) in [5, 5.41) is 33.3. The summed E-state index contributed by atoms with van der Waals surface area (Å²) in [6, 6.07) is 0. The number of hydrogen-bond acceptors (Lipinski definition) is 4. The first kappa shape index (κ1) is 24.2. The highest BCUT2D eigenvalue weighted by Crippen LogP contribution is 2.89. The maximum atomic E-state index is 11.7. The van der Waals surface area contributed by atoms with E-state index in [-0.39, 0.29) is 46.1 Å². The van der Waals surface area contributed by atoms with Gasteiger partial charge in [-0.3, -0.25) is 0 Å². The predicted molar refractivity (Wildman–Crippen MR) is 133 cm³/mol. The van der Waals surface area contributed by atoms with Crippen molar-refractivity contribution in [3.05, 3.63) is 0 Å². The summed E-state index contributed by atoms with van der Waals surface area (Å²) in [4.78, 5) is 0. The highest BCUT2D eigenvalue weighted by atomic mass is 16.5. The van der Waals surface area contributed by atoms with E-state index in [0.717, 1.165) is 25.7 Å². The van der Waals surface area contributed by atoms with Crippen molar-refractivity contribution in [3.63, 3.8) is 0 Å². The Labute approximate surface area is 207 Å². The SMILES string of the molecule is CC(C)(O)C1CCC(C)(C2C(O)CC3(C)C4CCC5C(C)(C)C(O)CCC56CC46CCC23C)O1. The number of ether oxygens (including phenoxy) is 1. The minimum Gasteiger partial charge on any atom is -0.393 e. The summed E-state index contributed by atoms with van der Waals surface area (Å²) in [7, 11) is 0. The van der Waals surface area contributed by atoms with Gasteiger partial charge in [-0.1, -0.05) is 27.7 Å². The zero-order valence-corrected chi connectivity index (χ0v) is 22.8. The molecule has 4 heteroatoms. The third kappa shape index (κ3) is 2.60. The summed E-state index contributed by atoms with van der Waals surface area (Å²) in [5.41, 5.74) is -0.205. The first-order chi connectivity index (χ1) is 15.6. The van der Waals surface area contributed by atoms with E-state index in [1.54, 1.807) is 0 Å². The Morgan fingerprint density at radius 1 is 0.765 bits per heavy atom. The quantitative estimate of drug-likeness (QED) is 0.497. The van der Waals surface area contributed by atoms with E-state index in [1.807, 2.05) is 13.8 Å². The Balaban J connectivity index is 1.34. The first-order valence-electron chi connectivity index (χ1n) is 14.3. The van der Waals surface area contributed by atoms with Crippen molar-refractivity contribution in [2.75, 3.05) is 0 Å². The van der Waals surface area contributed by atoms with Gasteiger partial charge in [0.25, 0.3) is 0 Å². The van der Waals surface area contributed by atoms with Crippen LogP contribution >= 0.6 is 0 Å². The summed E-state index contributed by atoms with van der Waals surface area (Å²) in [6.45, 7) is 15.6. The lowest BCUT2D eigenvalue weighted by Crippen LogP contribution is -2.59. The molecule has 6 aliphatic rings. The van der Waals surface area contributed by atoms with Crippen LogP contribution in [-0.2, 0) is 4.74 Å². The molecule has 1 heterocycles. The highest BCUT2D eigenvalue weighted by molar-refractivity contribution is 5.31. The number of rotatable bonds is 2. The van der Waals surface area contributed by atoms with Crippen LogP contribution in [0, 0.1) is 44.8 Å². The molecule has 4 nitrogen and oxygen atoms in total. The van der Waals surface area contributed by atoms with Gasteiger partial charge in [-0.05, 0) is 124 Å². The molecule has 0 radical (unpaired) electrons. The maximum Gasteiger partial charge on any atom is 0.0865 e. The summed E-state index contributed by atoms with van der Waals surface area (Å²) in [6.07, 6.45) is 10.5. The third-order valence-electron chi connectivity index (χ3n) is 13.8. The molecule has 2 spiro atoms. The highest BCUT2D eigenvalue weighted by Gasteiger charge is 2.83. The van der Waals surface area contributed by atoms with Gasteiger partial charge in [0.1, 0.15) is 0 Å². The molecule has 0 aromatic rings. The zero-order valence-electron chi connectivity index (χ0n) is 22.8. The second-order valence-corrected chi connectivity index (χ2v) is 15.7. The molecule has 5 aliphatic carbocycles. The van der Waals surface area contributed by atoms with Gasteiger partial charge in [0, 0.05) is 5.92 Å². The second-order valence-electron chi connectivity index (χ2n) is 15.7. The van der Waals surface area contributed by atoms with Crippen molar-refractivity contribution in [2.24, 2.45) is 44.8 Å². The minimum atomic E-state index is -0.848. The largest absolute Gasteiger partial charge is 0.393 e. The second kappa shape index (κ2) is 6.63. The lowest BCUT2D eigenvalue weighted by atomic mass is 9.41. The van der Waals surface area contributed by atoms with Gasteiger partial charge < -0.3 is 20.1 Å². The van der Waals surface area contributed by atoms with E-state index >= 15 is 0 Å². The Morgan fingerprint density at radius 2 is 1.41 bits per heavy atom. The predicted octanol–water partition coefficient (Wildman–Crippen LogP) is 5.47. The molecule has 5 saturated carbocycles. The number of aliphatic hydroxyl groups is 3. The van der Waals surface area contributed by atoms with E-state index in [4.69, 9.17) is 4.74 Å². The molecule has 194 valence electrons. The molecule has 1 aliphatic heterocycles. The van der Waals surface area contributed by atoms with E-state index in [2.05, 4.69) is 34.6 Å².